The fourth-order valence-electron chi connectivity index (χ4n) is 2.73. The Morgan fingerprint density at radius 3 is 2.72 bits per heavy atom. The van der Waals surface area contributed by atoms with E-state index in [1.54, 1.807) is 0 Å². The topological polar surface area (TPSA) is 86.9 Å². The maximum atomic E-state index is 13.9. The van der Waals surface area contributed by atoms with Gasteiger partial charge in [-0.3, -0.25) is 4.57 Å². The van der Waals surface area contributed by atoms with Crippen LogP contribution >= 0.6 is 27.5 Å². The zero-order chi connectivity index (χ0) is 21.3. The number of halogens is 5. The minimum Gasteiger partial charge on any atom is -0.459 e. The summed E-state index contributed by atoms with van der Waals surface area (Å²) in [5, 5.41) is 15.1. The number of hydrogen-bond donors (Lipinski definition) is 1. The molecular weight excluding hydrogens is 479 g/mol. The third kappa shape index (κ3) is 4.65. The fraction of sp³-hybridized carbons (Fsp3) is 0.235. The highest BCUT2D eigenvalue weighted by Gasteiger charge is 2.48. The molecule has 0 spiro atoms. The monoisotopic (exact) mass is 489 g/mol. The maximum absolute atomic E-state index is 13.9. The third-order valence-corrected chi connectivity index (χ3v) is 4.66. The second-order valence-electron chi connectivity index (χ2n) is 6.07. The van der Waals surface area contributed by atoms with Crippen LogP contribution in [-0.4, -0.2) is 31.9 Å². The van der Waals surface area contributed by atoms with Crippen LogP contribution in [0.3, 0.4) is 0 Å². The first-order valence-corrected chi connectivity index (χ1v) is 9.16. The number of allylic oxidation sites excluding steroid dienone is 2. The van der Waals surface area contributed by atoms with Crippen LogP contribution in [0.5, 0.6) is 5.75 Å². The van der Waals surface area contributed by atoms with E-state index in [0.29, 0.717) is 4.48 Å². The smallest absolute Gasteiger partial charge is 0.416 e. The second-order valence-corrected chi connectivity index (χ2v) is 7.42. The van der Waals surface area contributed by atoms with Crippen LogP contribution in [0, 0.1) is 11.3 Å². The number of hydrogen-bond acceptors (Lipinski definition) is 5. The van der Waals surface area contributed by atoms with Gasteiger partial charge in [-0.05, 0) is 40.2 Å². The second kappa shape index (κ2) is 7.96. The van der Waals surface area contributed by atoms with Crippen LogP contribution in [0.4, 0.5) is 13.2 Å². The number of aromatic amines is 1. The average molecular weight is 491 g/mol. The summed E-state index contributed by atoms with van der Waals surface area (Å²) in [4.78, 5) is 12.5. The van der Waals surface area contributed by atoms with Crippen LogP contribution < -0.4 is 10.4 Å². The summed E-state index contributed by atoms with van der Waals surface area (Å²) in [6.45, 7) is -0.311. The molecule has 0 aliphatic carbocycles. The summed E-state index contributed by atoms with van der Waals surface area (Å²) < 4.78 is 48.7. The standard InChI is InChI=1S/C17H12BrClF3N5O2/c1-26-14(24-25-16(26)28)8-27-7-10(18)4-13(15(27)17(20,21)22)29-12-3-9(6-23)2-11(19)5-12/h2-5,7,15H,8H2,1H3,(H,25,28). The lowest BCUT2D eigenvalue weighted by Crippen LogP contribution is -2.47. The van der Waals surface area contributed by atoms with Crippen molar-refractivity contribution in [2.75, 3.05) is 0 Å². The molecule has 0 radical (unpaired) electrons. The predicted molar refractivity (Wildman–Crippen MR) is 101 cm³/mol. The van der Waals surface area contributed by atoms with Crippen LogP contribution in [0.15, 0.2) is 45.5 Å². The molecule has 1 atom stereocenters. The molecule has 3 rings (SSSR count). The Bertz CT molecular complexity index is 1100. The largest absolute Gasteiger partial charge is 0.459 e. The summed E-state index contributed by atoms with van der Waals surface area (Å²) >= 11 is 9.09. The highest BCUT2D eigenvalue weighted by atomic mass is 79.9. The van der Waals surface area contributed by atoms with Gasteiger partial charge in [0.05, 0.1) is 18.2 Å². The molecule has 1 aliphatic rings. The molecule has 0 saturated heterocycles. The van der Waals surface area contributed by atoms with E-state index >= 15 is 0 Å². The van der Waals surface area contributed by atoms with Crippen LogP contribution in [0.1, 0.15) is 11.4 Å². The van der Waals surface area contributed by atoms with Gasteiger partial charge in [-0.25, -0.2) is 9.89 Å². The van der Waals surface area contributed by atoms with E-state index in [2.05, 4.69) is 26.1 Å². The zero-order valence-electron chi connectivity index (χ0n) is 14.7. The van der Waals surface area contributed by atoms with Crippen molar-refractivity contribution in [1.82, 2.24) is 19.7 Å². The molecule has 29 heavy (non-hydrogen) atoms. The van der Waals surface area contributed by atoms with Crippen molar-refractivity contribution in [2.45, 2.75) is 18.8 Å². The van der Waals surface area contributed by atoms with Gasteiger partial charge < -0.3 is 9.64 Å². The molecule has 1 unspecified atom stereocenters. The quantitative estimate of drug-likeness (QED) is 0.708. The van der Waals surface area contributed by atoms with Gasteiger partial charge in [0.15, 0.2) is 11.9 Å². The van der Waals surface area contributed by atoms with E-state index in [4.69, 9.17) is 21.6 Å². The molecule has 1 aliphatic heterocycles. The maximum Gasteiger partial charge on any atom is 0.416 e. The summed E-state index contributed by atoms with van der Waals surface area (Å²) in [7, 11) is 1.40. The molecule has 152 valence electrons. The predicted octanol–water partition coefficient (Wildman–Crippen LogP) is 3.58. The Labute approximate surface area is 175 Å². The molecular formula is C17H12BrClF3N5O2. The summed E-state index contributed by atoms with van der Waals surface area (Å²) in [6, 6.07) is 3.67. The van der Waals surface area contributed by atoms with Gasteiger partial charge in [0.25, 0.3) is 0 Å². The van der Waals surface area contributed by atoms with Crippen molar-refractivity contribution in [1.29, 1.82) is 5.26 Å². The molecule has 1 aromatic heterocycles. The van der Waals surface area contributed by atoms with Crippen LogP contribution in [0.2, 0.25) is 5.02 Å². The fourth-order valence-corrected chi connectivity index (χ4v) is 3.44. The van der Waals surface area contributed by atoms with E-state index in [1.165, 1.54) is 37.5 Å². The number of nitrogens with one attached hydrogen (secondary N) is 1. The van der Waals surface area contributed by atoms with Gasteiger partial charge in [0, 0.05) is 22.8 Å². The number of H-pyrrole nitrogens is 1. The van der Waals surface area contributed by atoms with Crippen molar-refractivity contribution >= 4 is 27.5 Å². The van der Waals surface area contributed by atoms with Gasteiger partial charge in [-0.1, -0.05) is 11.6 Å². The van der Waals surface area contributed by atoms with Crippen molar-refractivity contribution < 1.29 is 17.9 Å². The van der Waals surface area contributed by atoms with Gasteiger partial charge >= 0.3 is 11.9 Å². The van der Waals surface area contributed by atoms with E-state index in [9.17, 15) is 18.0 Å². The SMILES string of the molecule is Cn1c(CN2C=C(Br)C=C(Oc3cc(Cl)cc(C#N)c3)C2C(F)(F)F)n[nH]c1=O. The summed E-state index contributed by atoms with van der Waals surface area (Å²) in [5.41, 5.74) is -0.399. The Balaban J connectivity index is 1.98. The minimum atomic E-state index is -4.71. The molecule has 2 heterocycles. The van der Waals surface area contributed by atoms with Crippen LogP contribution in [0.25, 0.3) is 0 Å². The third-order valence-electron chi connectivity index (χ3n) is 4.01. The molecule has 12 heteroatoms. The summed E-state index contributed by atoms with van der Waals surface area (Å²) in [6.07, 6.45) is -2.28. The van der Waals surface area contributed by atoms with Crippen molar-refractivity contribution in [3.63, 3.8) is 0 Å². The molecule has 0 saturated carbocycles. The first-order valence-electron chi connectivity index (χ1n) is 7.98. The number of rotatable bonds is 4. The number of ether oxygens (including phenoxy) is 1. The summed E-state index contributed by atoms with van der Waals surface area (Å²) in [5.74, 6) is -0.334. The normalized spacial score (nSPS) is 16.9. The molecule has 7 nitrogen and oxygen atoms in total. The number of benzene rings is 1. The Hall–Kier alpha value is -2.71. The highest BCUT2D eigenvalue weighted by Crippen LogP contribution is 2.37. The minimum absolute atomic E-state index is 0.0103. The number of alkyl halides is 3. The van der Waals surface area contributed by atoms with Gasteiger partial charge in [0.1, 0.15) is 11.5 Å². The molecule has 1 N–H and O–H groups in total. The zero-order valence-corrected chi connectivity index (χ0v) is 17.0. The lowest BCUT2D eigenvalue weighted by molar-refractivity contribution is -0.174. The number of nitriles is 1. The molecule has 0 fully saturated rings. The Kier molecular flexibility index (Phi) is 5.77. The van der Waals surface area contributed by atoms with Crippen molar-refractivity contribution in [3.05, 3.63) is 67.6 Å². The van der Waals surface area contributed by atoms with E-state index < -0.39 is 23.7 Å². The molecule has 0 amide bonds. The van der Waals surface area contributed by atoms with Crippen molar-refractivity contribution in [2.24, 2.45) is 7.05 Å². The lowest BCUT2D eigenvalue weighted by Gasteiger charge is -2.35. The van der Waals surface area contributed by atoms with Gasteiger partial charge in [0.2, 0.25) is 0 Å². The highest BCUT2D eigenvalue weighted by molar-refractivity contribution is 9.11. The Morgan fingerprint density at radius 2 is 2.14 bits per heavy atom. The van der Waals surface area contributed by atoms with Crippen molar-refractivity contribution in [3.8, 4) is 11.8 Å². The first kappa shape index (κ1) is 21.0. The molecule has 2 aromatic rings. The lowest BCUT2D eigenvalue weighted by atomic mass is 10.1. The first-order chi connectivity index (χ1) is 13.6. The number of nitrogens with zero attached hydrogens (tertiary/aromatic N) is 4. The van der Waals surface area contributed by atoms with Gasteiger partial charge in [-0.2, -0.15) is 23.5 Å². The van der Waals surface area contributed by atoms with E-state index in [1.807, 2.05) is 6.07 Å². The molecule has 0 bridgehead atoms. The van der Waals surface area contributed by atoms with E-state index in [-0.39, 0.29) is 28.7 Å². The Morgan fingerprint density at radius 1 is 1.41 bits per heavy atom. The van der Waals surface area contributed by atoms with Crippen LogP contribution in [-0.2, 0) is 13.6 Å². The van der Waals surface area contributed by atoms with Gasteiger partial charge in [-0.15, -0.1) is 0 Å². The molecule has 1 aromatic carbocycles. The van der Waals surface area contributed by atoms with E-state index in [0.717, 1.165) is 9.47 Å². The number of aromatic nitrogens is 3. The average Bonchev–Trinajstić information content (AvgIpc) is 2.91.